The topological polar surface area (TPSA) is 20.3 Å². The Bertz CT molecular complexity index is 630. The molecule has 21 heavy (non-hydrogen) atoms. The molecule has 0 heterocycles. The third kappa shape index (κ3) is 4.30. The highest BCUT2D eigenvalue weighted by atomic mass is 35.5. The second kappa shape index (κ2) is 7.23. The second-order valence-electron chi connectivity index (χ2n) is 4.81. The van der Waals surface area contributed by atoms with Crippen molar-refractivity contribution in [1.82, 2.24) is 4.90 Å². The molecule has 2 nitrogen and oxygen atoms in total. The van der Waals surface area contributed by atoms with Gasteiger partial charge in [-0.25, -0.2) is 4.39 Å². The lowest BCUT2D eigenvalue weighted by molar-refractivity contribution is -0.130. The molecule has 0 atom stereocenters. The number of amides is 1. The average Bonchev–Trinajstić information content (AvgIpc) is 2.47. The van der Waals surface area contributed by atoms with Gasteiger partial charge in [0.2, 0.25) is 5.91 Å². The third-order valence-electron chi connectivity index (χ3n) is 3.30. The van der Waals surface area contributed by atoms with E-state index >= 15 is 0 Å². The molecule has 4 heteroatoms. The van der Waals surface area contributed by atoms with Crippen LogP contribution in [0.4, 0.5) is 4.39 Å². The Hall–Kier alpha value is -1.87. The molecule has 0 fully saturated rings. The van der Waals surface area contributed by atoms with E-state index in [1.165, 1.54) is 12.1 Å². The van der Waals surface area contributed by atoms with Crippen molar-refractivity contribution in [2.75, 3.05) is 6.54 Å². The molecule has 0 aromatic heterocycles. The van der Waals surface area contributed by atoms with Crippen molar-refractivity contribution < 1.29 is 9.18 Å². The van der Waals surface area contributed by atoms with Crippen LogP contribution < -0.4 is 0 Å². The molecular weight excluding hydrogens is 289 g/mol. The van der Waals surface area contributed by atoms with Crippen molar-refractivity contribution >= 4 is 17.5 Å². The molecule has 0 bridgehead atoms. The molecule has 2 aromatic rings. The van der Waals surface area contributed by atoms with Gasteiger partial charge in [0.25, 0.3) is 0 Å². The van der Waals surface area contributed by atoms with Crippen molar-refractivity contribution in [3.8, 4) is 0 Å². The van der Waals surface area contributed by atoms with Crippen molar-refractivity contribution in [1.29, 1.82) is 0 Å². The minimum atomic E-state index is -0.290. The molecule has 2 rings (SSSR count). The lowest BCUT2D eigenvalue weighted by Gasteiger charge is -2.21. The Labute approximate surface area is 129 Å². The number of carbonyl (C=O) groups is 1. The molecule has 0 aliphatic carbocycles. The summed E-state index contributed by atoms with van der Waals surface area (Å²) in [6, 6.07) is 13.6. The second-order valence-corrected chi connectivity index (χ2v) is 5.21. The number of halogens is 2. The molecule has 0 aliphatic rings. The zero-order valence-corrected chi connectivity index (χ0v) is 12.6. The van der Waals surface area contributed by atoms with Gasteiger partial charge in [-0.15, -0.1) is 0 Å². The van der Waals surface area contributed by atoms with E-state index in [-0.39, 0.29) is 18.1 Å². The van der Waals surface area contributed by atoms with Crippen LogP contribution in [0, 0.1) is 5.82 Å². The summed E-state index contributed by atoms with van der Waals surface area (Å²) in [5.74, 6) is -0.308. The lowest BCUT2D eigenvalue weighted by Crippen LogP contribution is -2.31. The zero-order chi connectivity index (χ0) is 15.2. The summed E-state index contributed by atoms with van der Waals surface area (Å²) in [6.07, 6.45) is 0.253. The molecule has 0 saturated carbocycles. The molecule has 0 spiro atoms. The van der Waals surface area contributed by atoms with Crippen LogP contribution in [0.1, 0.15) is 18.1 Å². The van der Waals surface area contributed by atoms with E-state index in [9.17, 15) is 9.18 Å². The minimum Gasteiger partial charge on any atom is -0.338 e. The molecule has 0 radical (unpaired) electrons. The summed E-state index contributed by atoms with van der Waals surface area (Å²) in [7, 11) is 0. The fraction of sp³-hybridized carbons (Fsp3) is 0.235. The van der Waals surface area contributed by atoms with E-state index in [1.807, 2.05) is 31.2 Å². The summed E-state index contributed by atoms with van der Waals surface area (Å²) in [6.45, 7) is 2.88. The normalized spacial score (nSPS) is 10.4. The molecule has 0 unspecified atom stereocenters. The van der Waals surface area contributed by atoms with E-state index in [0.717, 1.165) is 11.1 Å². The predicted octanol–water partition coefficient (Wildman–Crippen LogP) is 4.07. The fourth-order valence-corrected chi connectivity index (χ4v) is 2.35. The molecule has 0 aliphatic heterocycles. The number of nitrogens with zero attached hydrogens (tertiary/aromatic N) is 1. The lowest BCUT2D eigenvalue weighted by atomic mass is 10.1. The monoisotopic (exact) mass is 305 g/mol. The summed E-state index contributed by atoms with van der Waals surface area (Å²) in [4.78, 5) is 14.1. The first kappa shape index (κ1) is 15.5. The molecule has 2 aromatic carbocycles. The molecular formula is C17H17ClFNO. The van der Waals surface area contributed by atoms with Crippen molar-refractivity contribution in [3.63, 3.8) is 0 Å². The first-order valence-corrected chi connectivity index (χ1v) is 7.23. The van der Waals surface area contributed by atoms with Crippen LogP contribution in [0.2, 0.25) is 5.02 Å². The SMILES string of the molecule is CCN(Cc1cccc(F)c1)C(=O)Cc1ccccc1Cl. The van der Waals surface area contributed by atoms with Gasteiger partial charge in [-0.3, -0.25) is 4.79 Å². The highest BCUT2D eigenvalue weighted by Gasteiger charge is 2.14. The van der Waals surface area contributed by atoms with Crippen molar-refractivity contribution in [2.45, 2.75) is 19.9 Å². The van der Waals surface area contributed by atoms with E-state index in [4.69, 9.17) is 11.6 Å². The number of hydrogen-bond acceptors (Lipinski definition) is 1. The van der Waals surface area contributed by atoms with Gasteiger partial charge in [0.15, 0.2) is 0 Å². The first-order valence-electron chi connectivity index (χ1n) is 6.85. The maximum absolute atomic E-state index is 13.2. The van der Waals surface area contributed by atoms with Crippen molar-refractivity contribution in [3.05, 3.63) is 70.5 Å². The maximum atomic E-state index is 13.2. The predicted molar refractivity (Wildman–Crippen MR) is 82.6 cm³/mol. The van der Waals surface area contributed by atoms with Gasteiger partial charge in [0.1, 0.15) is 5.82 Å². The zero-order valence-electron chi connectivity index (χ0n) is 11.9. The van der Waals surface area contributed by atoms with Gasteiger partial charge < -0.3 is 4.90 Å². The summed E-state index contributed by atoms with van der Waals surface area (Å²) in [5, 5.41) is 0.590. The Balaban J connectivity index is 2.07. The molecule has 0 N–H and O–H groups in total. The number of likely N-dealkylation sites (N-methyl/N-ethyl adjacent to an activating group) is 1. The first-order chi connectivity index (χ1) is 10.1. The quantitative estimate of drug-likeness (QED) is 0.815. The standard InChI is InChI=1S/C17H17ClFNO/c1-2-20(12-13-6-5-8-15(19)10-13)17(21)11-14-7-3-4-9-16(14)18/h3-10H,2,11-12H2,1H3. The van der Waals surface area contributed by atoms with Gasteiger partial charge >= 0.3 is 0 Å². The molecule has 0 saturated heterocycles. The summed E-state index contributed by atoms with van der Waals surface area (Å²) >= 11 is 6.08. The van der Waals surface area contributed by atoms with Gasteiger partial charge in [0, 0.05) is 18.1 Å². The molecule has 1 amide bonds. The Morgan fingerprint density at radius 1 is 1.19 bits per heavy atom. The number of rotatable bonds is 5. The Morgan fingerprint density at radius 2 is 1.95 bits per heavy atom. The largest absolute Gasteiger partial charge is 0.338 e. The van der Waals surface area contributed by atoms with E-state index in [1.54, 1.807) is 17.0 Å². The minimum absolute atomic E-state index is 0.0186. The highest BCUT2D eigenvalue weighted by Crippen LogP contribution is 2.17. The third-order valence-corrected chi connectivity index (χ3v) is 3.67. The van der Waals surface area contributed by atoms with Gasteiger partial charge in [0.05, 0.1) is 6.42 Å². The van der Waals surface area contributed by atoms with Gasteiger partial charge in [-0.1, -0.05) is 41.9 Å². The fourth-order valence-electron chi connectivity index (χ4n) is 2.15. The van der Waals surface area contributed by atoms with Crippen LogP contribution in [0.25, 0.3) is 0 Å². The van der Waals surface area contributed by atoms with E-state index in [0.29, 0.717) is 18.1 Å². The van der Waals surface area contributed by atoms with Crippen LogP contribution in [0.3, 0.4) is 0 Å². The Kier molecular flexibility index (Phi) is 5.34. The van der Waals surface area contributed by atoms with Crippen LogP contribution in [-0.2, 0) is 17.8 Å². The van der Waals surface area contributed by atoms with Crippen LogP contribution in [0.15, 0.2) is 48.5 Å². The molecule has 110 valence electrons. The number of carbonyl (C=O) groups excluding carboxylic acids is 1. The summed E-state index contributed by atoms with van der Waals surface area (Å²) < 4.78 is 13.2. The van der Waals surface area contributed by atoms with Crippen LogP contribution in [-0.4, -0.2) is 17.4 Å². The van der Waals surface area contributed by atoms with E-state index in [2.05, 4.69) is 0 Å². The average molecular weight is 306 g/mol. The van der Waals surface area contributed by atoms with Crippen LogP contribution in [0.5, 0.6) is 0 Å². The van der Waals surface area contributed by atoms with Gasteiger partial charge in [-0.05, 0) is 36.2 Å². The summed E-state index contributed by atoms with van der Waals surface area (Å²) in [5.41, 5.74) is 1.59. The van der Waals surface area contributed by atoms with Crippen molar-refractivity contribution in [2.24, 2.45) is 0 Å². The Morgan fingerprint density at radius 3 is 2.62 bits per heavy atom. The smallest absolute Gasteiger partial charge is 0.227 e. The highest BCUT2D eigenvalue weighted by molar-refractivity contribution is 6.31. The van der Waals surface area contributed by atoms with Crippen LogP contribution >= 0.6 is 11.6 Å². The number of hydrogen-bond donors (Lipinski definition) is 0. The maximum Gasteiger partial charge on any atom is 0.227 e. The number of benzene rings is 2. The van der Waals surface area contributed by atoms with E-state index < -0.39 is 0 Å². The van der Waals surface area contributed by atoms with Gasteiger partial charge in [-0.2, -0.15) is 0 Å².